The fraction of sp³-hybridized carbons (Fsp3) is 0.533. The second-order valence-electron chi connectivity index (χ2n) is 6.52. The molecule has 0 aliphatic rings. The molecule has 18 heavy (non-hydrogen) atoms. The Morgan fingerprint density at radius 3 is 1.78 bits per heavy atom. The number of aromatic nitrogens is 3. The van der Waals surface area contributed by atoms with Crippen molar-refractivity contribution in [3.8, 4) is 0 Å². The molecular formula is C15H25N3. The van der Waals surface area contributed by atoms with Gasteiger partial charge in [-0.05, 0) is 12.1 Å². The Labute approximate surface area is 110 Å². The molecule has 0 saturated heterocycles. The summed E-state index contributed by atoms with van der Waals surface area (Å²) in [5, 5.41) is 0. The van der Waals surface area contributed by atoms with E-state index in [-0.39, 0.29) is 10.8 Å². The van der Waals surface area contributed by atoms with Crippen molar-refractivity contribution in [2.24, 2.45) is 0 Å². The Balaban J connectivity index is 0.000000180. The SMILES string of the molecule is CC(C)(C)c1ccc[nH]1.CC(C)(C)c1ncc[nH]1. The van der Waals surface area contributed by atoms with Gasteiger partial charge in [0.25, 0.3) is 0 Å². The van der Waals surface area contributed by atoms with Crippen LogP contribution in [0.15, 0.2) is 30.7 Å². The number of rotatable bonds is 0. The number of nitrogens with one attached hydrogen (secondary N) is 2. The van der Waals surface area contributed by atoms with Crippen molar-refractivity contribution in [1.82, 2.24) is 15.0 Å². The van der Waals surface area contributed by atoms with E-state index in [1.807, 2.05) is 18.5 Å². The topological polar surface area (TPSA) is 44.5 Å². The quantitative estimate of drug-likeness (QED) is 0.725. The lowest BCUT2D eigenvalue weighted by atomic mass is 9.93. The number of aromatic amines is 2. The van der Waals surface area contributed by atoms with Crippen LogP contribution in [0.5, 0.6) is 0 Å². The summed E-state index contributed by atoms with van der Waals surface area (Å²) in [6.45, 7) is 13.0. The highest BCUT2D eigenvalue weighted by Gasteiger charge is 2.15. The molecular weight excluding hydrogens is 222 g/mol. The van der Waals surface area contributed by atoms with Crippen LogP contribution < -0.4 is 0 Å². The first-order chi connectivity index (χ1) is 8.21. The average Bonchev–Trinajstić information content (AvgIpc) is 2.91. The van der Waals surface area contributed by atoms with Crippen LogP contribution >= 0.6 is 0 Å². The fourth-order valence-electron chi connectivity index (χ4n) is 1.47. The number of hydrogen-bond donors (Lipinski definition) is 2. The maximum absolute atomic E-state index is 4.13. The van der Waals surface area contributed by atoms with E-state index in [0.717, 1.165) is 5.82 Å². The van der Waals surface area contributed by atoms with Crippen molar-refractivity contribution in [3.05, 3.63) is 42.2 Å². The largest absolute Gasteiger partial charge is 0.365 e. The third-order valence-electron chi connectivity index (χ3n) is 2.61. The molecule has 0 bridgehead atoms. The van der Waals surface area contributed by atoms with Gasteiger partial charge in [0.1, 0.15) is 5.82 Å². The van der Waals surface area contributed by atoms with Crippen LogP contribution in [-0.2, 0) is 10.8 Å². The average molecular weight is 247 g/mol. The number of hydrogen-bond acceptors (Lipinski definition) is 1. The third-order valence-corrected chi connectivity index (χ3v) is 2.61. The second kappa shape index (κ2) is 5.42. The van der Waals surface area contributed by atoms with Gasteiger partial charge >= 0.3 is 0 Å². The maximum Gasteiger partial charge on any atom is 0.111 e. The zero-order valence-electron chi connectivity index (χ0n) is 12.3. The summed E-state index contributed by atoms with van der Waals surface area (Å²) < 4.78 is 0. The molecule has 0 amide bonds. The molecule has 0 spiro atoms. The molecule has 2 heterocycles. The van der Waals surface area contributed by atoms with Crippen LogP contribution in [0.25, 0.3) is 0 Å². The molecule has 2 N–H and O–H groups in total. The molecule has 3 heteroatoms. The monoisotopic (exact) mass is 247 g/mol. The molecule has 0 aliphatic heterocycles. The molecule has 0 saturated carbocycles. The highest BCUT2D eigenvalue weighted by atomic mass is 14.9. The summed E-state index contributed by atoms with van der Waals surface area (Å²) in [6, 6.07) is 4.14. The fourth-order valence-corrected chi connectivity index (χ4v) is 1.47. The van der Waals surface area contributed by atoms with Crippen molar-refractivity contribution in [3.63, 3.8) is 0 Å². The Bertz CT molecular complexity index is 381. The summed E-state index contributed by atoms with van der Waals surface area (Å²) in [6.07, 6.45) is 5.59. The molecule has 2 aromatic rings. The molecule has 0 aromatic carbocycles. The lowest BCUT2D eigenvalue weighted by molar-refractivity contribution is 0.552. The van der Waals surface area contributed by atoms with Crippen LogP contribution in [0.1, 0.15) is 53.1 Å². The minimum atomic E-state index is 0.156. The van der Waals surface area contributed by atoms with Gasteiger partial charge in [-0.2, -0.15) is 0 Å². The van der Waals surface area contributed by atoms with E-state index in [0.29, 0.717) is 0 Å². The predicted octanol–water partition coefficient (Wildman–Crippen LogP) is 4.02. The molecule has 0 fully saturated rings. The van der Waals surface area contributed by atoms with Crippen LogP contribution in [0.2, 0.25) is 0 Å². The van der Waals surface area contributed by atoms with Crippen LogP contribution in [0.4, 0.5) is 0 Å². The lowest BCUT2D eigenvalue weighted by Gasteiger charge is -2.15. The zero-order chi connectivity index (χ0) is 13.8. The van der Waals surface area contributed by atoms with Crippen molar-refractivity contribution >= 4 is 0 Å². The van der Waals surface area contributed by atoms with Crippen molar-refractivity contribution in [2.45, 2.75) is 52.4 Å². The maximum atomic E-state index is 4.13. The van der Waals surface area contributed by atoms with E-state index in [1.165, 1.54) is 5.69 Å². The molecule has 2 aromatic heterocycles. The van der Waals surface area contributed by atoms with Crippen molar-refractivity contribution in [2.75, 3.05) is 0 Å². The van der Waals surface area contributed by atoms with Gasteiger partial charge in [-0.3, -0.25) is 0 Å². The van der Waals surface area contributed by atoms with Crippen molar-refractivity contribution < 1.29 is 0 Å². The van der Waals surface area contributed by atoms with E-state index in [4.69, 9.17) is 0 Å². The minimum absolute atomic E-state index is 0.156. The zero-order valence-corrected chi connectivity index (χ0v) is 12.3. The van der Waals surface area contributed by atoms with Gasteiger partial charge in [-0.1, -0.05) is 41.5 Å². The molecule has 100 valence electrons. The molecule has 3 nitrogen and oxygen atoms in total. The Morgan fingerprint density at radius 1 is 0.889 bits per heavy atom. The van der Waals surface area contributed by atoms with Gasteiger partial charge < -0.3 is 9.97 Å². The molecule has 0 atom stereocenters. The van der Waals surface area contributed by atoms with Gasteiger partial charge in [0.05, 0.1) is 0 Å². The van der Waals surface area contributed by atoms with E-state index >= 15 is 0 Å². The minimum Gasteiger partial charge on any atom is -0.365 e. The number of H-pyrrole nitrogens is 2. The van der Waals surface area contributed by atoms with Crippen LogP contribution in [0.3, 0.4) is 0 Å². The van der Waals surface area contributed by atoms with Gasteiger partial charge in [-0.15, -0.1) is 0 Å². The standard InChI is InChI=1S/C8H13N.C7H12N2/c1-8(2,3)7-5-4-6-9-7;1-7(2,3)6-8-4-5-9-6/h4-6,9H,1-3H3;4-5H,1-3H3,(H,8,9). The highest BCUT2D eigenvalue weighted by Crippen LogP contribution is 2.18. The van der Waals surface area contributed by atoms with E-state index in [1.54, 1.807) is 6.20 Å². The van der Waals surface area contributed by atoms with Gasteiger partial charge in [0.15, 0.2) is 0 Å². The number of imidazole rings is 1. The van der Waals surface area contributed by atoms with Gasteiger partial charge in [0, 0.05) is 35.1 Å². The summed E-state index contributed by atoms with van der Waals surface area (Å²) in [5.74, 6) is 1.04. The second-order valence-corrected chi connectivity index (χ2v) is 6.52. The summed E-state index contributed by atoms with van der Waals surface area (Å²) in [7, 11) is 0. The van der Waals surface area contributed by atoms with E-state index in [9.17, 15) is 0 Å². The number of nitrogens with zero attached hydrogens (tertiary/aromatic N) is 1. The van der Waals surface area contributed by atoms with E-state index < -0.39 is 0 Å². The van der Waals surface area contributed by atoms with Crippen LogP contribution in [0, 0.1) is 0 Å². The third kappa shape index (κ3) is 4.40. The lowest BCUT2D eigenvalue weighted by Crippen LogP contribution is -2.12. The molecule has 0 radical (unpaired) electrons. The summed E-state index contributed by atoms with van der Waals surface area (Å²) in [5.41, 5.74) is 1.72. The summed E-state index contributed by atoms with van der Waals surface area (Å²) in [4.78, 5) is 10.4. The van der Waals surface area contributed by atoms with Gasteiger partial charge in [0.2, 0.25) is 0 Å². The van der Waals surface area contributed by atoms with Gasteiger partial charge in [-0.25, -0.2) is 4.98 Å². The molecule has 2 rings (SSSR count). The highest BCUT2D eigenvalue weighted by molar-refractivity contribution is 5.13. The normalized spacial score (nSPS) is 11.9. The van der Waals surface area contributed by atoms with E-state index in [2.05, 4.69) is 62.6 Å². The smallest absolute Gasteiger partial charge is 0.111 e. The first kappa shape index (κ1) is 14.6. The Hall–Kier alpha value is -1.51. The summed E-state index contributed by atoms with van der Waals surface area (Å²) >= 11 is 0. The molecule has 0 unspecified atom stereocenters. The van der Waals surface area contributed by atoms with Crippen molar-refractivity contribution in [1.29, 1.82) is 0 Å². The first-order valence-corrected chi connectivity index (χ1v) is 6.35. The molecule has 0 aliphatic carbocycles. The Morgan fingerprint density at radius 2 is 1.56 bits per heavy atom. The first-order valence-electron chi connectivity index (χ1n) is 6.35. The Kier molecular flexibility index (Phi) is 4.38. The van der Waals surface area contributed by atoms with Crippen LogP contribution in [-0.4, -0.2) is 15.0 Å². The predicted molar refractivity (Wildman–Crippen MR) is 76.8 cm³/mol.